The zero-order valence-corrected chi connectivity index (χ0v) is 36.3. The number of ketones is 1. The number of alkyl carbamates (subject to hydrolysis) is 1. The van der Waals surface area contributed by atoms with E-state index in [2.05, 4.69) is 26.1 Å². The zero-order valence-electron chi connectivity index (χ0n) is 36.3. The average molecular weight is 808 g/mol. The third kappa shape index (κ3) is 8.86. The second-order valence-electron chi connectivity index (χ2n) is 18.6. The first-order valence-corrected chi connectivity index (χ1v) is 21.8. The lowest BCUT2D eigenvalue weighted by Gasteiger charge is -2.55. The van der Waals surface area contributed by atoms with E-state index in [1.165, 1.54) is 7.11 Å². The lowest BCUT2D eigenvalue weighted by atomic mass is 9.72. The van der Waals surface area contributed by atoms with Crippen molar-refractivity contribution in [3.8, 4) is 0 Å². The number of carboxylic acids is 1. The van der Waals surface area contributed by atoms with Gasteiger partial charge in [-0.2, -0.15) is 0 Å². The minimum absolute atomic E-state index is 0.0196. The van der Waals surface area contributed by atoms with Crippen molar-refractivity contribution in [2.75, 3.05) is 7.11 Å². The number of carboxylic acid groups (broad SMARTS) is 1. The Morgan fingerprint density at radius 2 is 1.60 bits per heavy atom. The number of ether oxygens (including phenoxy) is 6. The molecule has 0 aromatic rings. The first-order chi connectivity index (χ1) is 26.7. The number of hydrogen-bond donors (Lipinski definition) is 4. The van der Waals surface area contributed by atoms with Crippen molar-refractivity contribution in [3.05, 3.63) is 12.2 Å². The number of amides is 1. The number of nitrogens with one attached hydrogen (secondary N) is 1. The standard InChI is InChI=1S/C44H73NO12/c1-12-30(39(48)49)32-16-15-24(4)37(54-32)28(8)35(46)27(7)36(47)31(13-2)38-25(5)23-26(6)43(55-38)20-17-33(45-40(50)52-11)44(57-43)22-21-41(10,56-44)34-18-19-42(51,14-3)29(9)53-34/h17,20,24-35,37-38,46,51H,12-16,18-19,21-23H2,1-11H3,(H,45,50)(H,48,49)/t24-,25-,26+,27-,28-,29-,30+,31-,32+,33+,34+,35+,37+,38-,41-,42+,43-,44-/m0/s1. The van der Waals surface area contributed by atoms with Crippen LogP contribution >= 0.6 is 0 Å². The Hall–Kier alpha value is -2.13. The molecule has 5 aliphatic rings. The lowest BCUT2D eigenvalue weighted by molar-refractivity contribution is -0.398. The number of aliphatic hydroxyl groups is 2. The van der Waals surface area contributed by atoms with Crippen LogP contribution in [0.3, 0.4) is 0 Å². The van der Waals surface area contributed by atoms with Crippen LogP contribution in [0.1, 0.15) is 133 Å². The highest BCUT2D eigenvalue weighted by molar-refractivity contribution is 5.84. The van der Waals surface area contributed by atoms with Gasteiger partial charge >= 0.3 is 12.1 Å². The quantitative estimate of drug-likeness (QED) is 0.148. The summed E-state index contributed by atoms with van der Waals surface area (Å²) in [5.74, 6) is -6.02. The van der Waals surface area contributed by atoms with Crippen LogP contribution in [0.2, 0.25) is 0 Å². The van der Waals surface area contributed by atoms with Crippen molar-refractivity contribution >= 4 is 17.8 Å². The molecule has 0 aromatic heterocycles. The highest BCUT2D eigenvalue weighted by Crippen LogP contribution is 2.54. The monoisotopic (exact) mass is 808 g/mol. The number of methoxy groups -OCH3 is 1. The van der Waals surface area contributed by atoms with Crippen LogP contribution in [0.5, 0.6) is 0 Å². The SMILES string of the molecule is CC[C@@H](C(=O)[C@@H](C)[C@@H](O)[C@H](C)[C@@H]1O[C@@H]([C@@H](CC)C(=O)O)CC[C@@H]1C)[C@H]1O[C@]2(C=C[C@@H](NC(=O)OC)[C@]3(CC[C@@](C)([C@H]4CC[C@](O)(CC)[C@H](C)O4)O3)O2)[C@H](C)C[C@@H]1C. The van der Waals surface area contributed by atoms with Crippen molar-refractivity contribution in [1.29, 1.82) is 0 Å². The number of aliphatic hydroxyl groups excluding tert-OH is 1. The van der Waals surface area contributed by atoms with E-state index in [1.807, 2.05) is 53.7 Å². The van der Waals surface area contributed by atoms with E-state index in [4.69, 9.17) is 28.4 Å². The van der Waals surface area contributed by atoms with E-state index in [1.54, 1.807) is 6.92 Å². The highest BCUT2D eigenvalue weighted by atomic mass is 16.8. The lowest BCUT2D eigenvalue weighted by Crippen LogP contribution is -2.65. The minimum atomic E-state index is -1.35. The summed E-state index contributed by atoms with van der Waals surface area (Å²) in [5, 5.41) is 35.7. The van der Waals surface area contributed by atoms with Gasteiger partial charge in [0.05, 0.1) is 60.9 Å². The van der Waals surface area contributed by atoms with Gasteiger partial charge in [0.2, 0.25) is 0 Å². The molecular weight excluding hydrogens is 734 g/mol. The van der Waals surface area contributed by atoms with E-state index in [-0.39, 0.29) is 29.6 Å². The molecule has 326 valence electrons. The number of rotatable bonds is 13. The van der Waals surface area contributed by atoms with Crippen LogP contribution in [-0.2, 0) is 38.0 Å². The Morgan fingerprint density at radius 3 is 2.19 bits per heavy atom. The fraction of sp³-hybridized carbons (Fsp3) is 0.886. The first-order valence-electron chi connectivity index (χ1n) is 21.8. The van der Waals surface area contributed by atoms with Gasteiger partial charge < -0.3 is 49.1 Å². The molecule has 18 atom stereocenters. The third-order valence-corrected chi connectivity index (χ3v) is 14.9. The van der Waals surface area contributed by atoms with E-state index in [0.717, 1.165) is 6.42 Å². The van der Waals surface area contributed by atoms with E-state index in [9.17, 15) is 29.7 Å². The van der Waals surface area contributed by atoms with Crippen molar-refractivity contribution in [2.24, 2.45) is 41.4 Å². The summed E-state index contributed by atoms with van der Waals surface area (Å²) in [4.78, 5) is 39.2. The molecule has 57 heavy (non-hydrogen) atoms. The number of aliphatic carboxylic acids is 1. The molecule has 4 N–H and O–H groups in total. The Labute approximate surface area is 340 Å². The van der Waals surface area contributed by atoms with Crippen LogP contribution < -0.4 is 5.32 Å². The predicted octanol–water partition coefficient (Wildman–Crippen LogP) is 6.55. The van der Waals surface area contributed by atoms with E-state index < -0.39 is 95.1 Å². The fourth-order valence-corrected chi connectivity index (χ4v) is 10.9. The van der Waals surface area contributed by atoms with Gasteiger partial charge in [0, 0.05) is 30.1 Å². The molecule has 5 rings (SSSR count). The number of Topliss-reactive ketones (excluding diaryl/α,β-unsaturated/α-hetero) is 1. The van der Waals surface area contributed by atoms with Gasteiger partial charge in [-0.3, -0.25) is 9.59 Å². The smallest absolute Gasteiger partial charge is 0.407 e. The molecular formula is C44H73NO12. The molecule has 0 unspecified atom stereocenters. The molecule has 5 aliphatic heterocycles. The van der Waals surface area contributed by atoms with Gasteiger partial charge in [-0.25, -0.2) is 4.79 Å². The molecule has 4 saturated heterocycles. The maximum Gasteiger partial charge on any atom is 0.407 e. The van der Waals surface area contributed by atoms with E-state index in [0.29, 0.717) is 57.8 Å². The molecule has 13 nitrogen and oxygen atoms in total. The Morgan fingerprint density at radius 1 is 0.912 bits per heavy atom. The average Bonchev–Trinajstić information content (AvgIpc) is 3.52. The van der Waals surface area contributed by atoms with Gasteiger partial charge in [0.15, 0.2) is 11.6 Å². The van der Waals surface area contributed by atoms with Crippen molar-refractivity contribution < 1.29 is 58.1 Å². The number of hydrogen-bond acceptors (Lipinski definition) is 11. The molecule has 0 radical (unpaired) electrons. The summed E-state index contributed by atoms with van der Waals surface area (Å²) >= 11 is 0. The summed E-state index contributed by atoms with van der Waals surface area (Å²) in [5.41, 5.74) is -1.71. The van der Waals surface area contributed by atoms with Crippen LogP contribution in [0.4, 0.5) is 4.79 Å². The summed E-state index contributed by atoms with van der Waals surface area (Å²) in [7, 11) is 1.31. The Balaban J connectivity index is 1.37. The molecule has 0 aromatic carbocycles. The van der Waals surface area contributed by atoms with Crippen LogP contribution in [0.15, 0.2) is 12.2 Å². The Kier molecular flexibility index (Phi) is 14.4. The summed E-state index contributed by atoms with van der Waals surface area (Å²) in [6.45, 7) is 19.6. The molecule has 4 fully saturated rings. The molecule has 2 spiro atoms. The van der Waals surface area contributed by atoms with Gasteiger partial charge in [0.1, 0.15) is 11.8 Å². The second-order valence-corrected chi connectivity index (χ2v) is 18.6. The highest BCUT2D eigenvalue weighted by Gasteiger charge is 2.63. The summed E-state index contributed by atoms with van der Waals surface area (Å²) < 4.78 is 39.1. The van der Waals surface area contributed by atoms with Crippen LogP contribution in [-0.4, -0.2) is 106 Å². The van der Waals surface area contributed by atoms with Gasteiger partial charge in [-0.05, 0) is 89.5 Å². The maximum atomic E-state index is 14.6. The van der Waals surface area contributed by atoms with Crippen molar-refractivity contribution in [2.45, 2.75) is 199 Å². The van der Waals surface area contributed by atoms with Crippen LogP contribution in [0, 0.1) is 41.4 Å². The molecule has 5 heterocycles. The number of carbonyl (C=O) groups excluding carboxylic acids is 2. The third-order valence-electron chi connectivity index (χ3n) is 14.9. The maximum absolute atomic E-state index is 14.6. The number of carbonyl (C=O) groups is 3. The molecule has 0 saturated carbocycles. The molecule has 1 amide bonds. The minimum Gasteiger partial charge on any atom is -0.481 e. The summed E-state index contributed by atoms with van der Waals surface area (Å²) in [6.07, 6.45) is 5.75. The molecule has 13 heteroatoms. The van der Waals surface area contributed by atoms with Gasteiger partial charge in [-0.15, -0.1) is 0 Å². The molecule has 0 bridgehead atoms. The van der Waals surface area contributed by atoms with Gasteiger partial charge in [-0.1, -0.05) is 61.5 Å². The second kappa shape index (κ2) is 17.8. The zero-order chi connectivity index (χ0) is 42.2. The first kappa shape index (κ1) is 45.9. The predicted molar refractivity (Wildman–Crippen MR) is 212 cm³/mol. The topological polar surface area (TPSA) is 179 Å². The van der Waals surface area contributed by atoms with Crippen molar-refractivity contribution in [3.63, 3.8) is 0 Å². The summed E-state index contributed by atoms with van der Waals surface area (Å²) in [6, 6.07) is -0.716. The normalized spacial score (nSPS) is 43.6. The van der Waals surface area contributed by atoms with Crippen molar-refractivity contribution in [1.82, 2.24) is 5.32 Å². The largest absolute Gasteiger partial charge is 0.481 e. The van der Waals surface area contributed by atoms with E-state index >= 15 is 0 Å². The Bertz CT molecular complexity index is 1460. The molecule has 0 aliphatic carbocycles. The van der Waals surface area contributed by atoms with Gasteiger partial charge in [0.25, 0.3) is 0 Å². The van der Waals surface area contributed by atoms with Crippen LogP contribution in [0.25, 0.3) is 0 Å². The fourth-order valence-electron chi connectivity index (χ4n) is 10.9.